The van der Waals surface area contributed by atoms with Crippen LogP contribution in [0.2, 0.25) is 0 Å². The minimum atomic E-state index is 0.112. The molecule has 2 aromatic carbocycles. The molecular formula is C26H31N3O3S. The van der Waals surface area contributed by atoms with E-state index in [0.717, 1.165) is 58.4 Å². The van der Waals surface area contributed by atoms with Crippen molar-refractivity contribution in [3.63, 3.8) is 0 Å². The summed E-state index contributed by atoms with van der Waals surface area (Å²) in [6.07, 6.45) is 2.22. The predicted molar refractivity (Wildman–Crippen MR) is 131 cm³/mol. The number of aryl methyl sites for hydroxylation is 1. The molecule has 1 aliphatic heterocycles. The molecule has 1 aliphatic rings. The van der Waals surface area contributed by atoms with Crippen LogP contribution in [-0.2, 0) is 11.3 Å². The van der Waals surface area contributed by atoms with E-state index in [1.807, 2.05) is 37.3 Å². The van der Waals surface area contributed by atoms with Crippen LogP contribution in [0.15, 0.2) is 35.5 Å². The first-order valence-electron chi connectivity index (χ1n) is 11.3. The third-order valence-electron chi connectivity index (χ3n) is 6.59. The van der Waals surface area contributed by atoms with Crippen molar-refractivity contribution in [2.45, 2.75) is 58.3 Å². The van der Waals surface area contributed by atoms with E-state index in [-0.39, 0.29) is 11.9 Å². The first-order chi connectivity index (χ1) is 15.9. The average molecular weight is 466 g/mol. The number of Topliss-reactive ketones (excluding diaryl/α,β-unsaturated/α-hetero) is 1. The lowest BCUT2D eigenvalue weighted by molar-refractivity contribution is 0.0953. The van der Waals surface area contributed by atoms with Crippen LogP contribution in [-0.4, -0.2) is 46.1 Å². The van der Waals surface area contributed by atoms with Crippen LogP contribution in [0.3, 0.4) is 0 Å². The van der Waals surface area contributed by atoms with Gasteiger partial charge in [0.1, 0.15) is 5.75 Å². The number of aromatic nitrogens is 3. The van der Waals surface area contributed by atoms with Gasteiger partial charge in [-0.25, -0.2) is 0 Å². The van der Waals surface area contributed by atoms with E-state index in [2.05, 4.69) is 35.5 Å². The molecule has 1 unspecified atom stereocenters. The Bertz CT molecular complexity index is 1150. The molecule has 7 heteroatoms. The molecule has 2 heterocycles. The third-order valence-corrected chi connectivity index (χ3v) is 7.56. The summed E-state index contributed by atoms with van der Waals surface area (Å²) in [5.74, 6) is 2.00. The first kappa shape index (κ1) is 23.5. The highest BCUT2D eigenvalue weighted by molar-refractivity contribution is 7.99. The molecular weight excluding hydrogens is 434 g/mol. The zero-order valence-electron chi connectivity index (χ0n) is 20.0. The second-order valence-corrected chi connectivity index (χ2v) is 9.55. The molecule has 33 heavy (non-hydrogen) atoms. The summed E-state index contributed by atoms with van der Waals surface area (Å²) in [5.41, 5.74) is 6.39. The number of methoxy groups -OCH3 is 1. The van der Waals surface area contributed by atoms with E-state index < -0.39 is 0 Å². The van der Waals surface area contributed by atoms with Gasteiger partial charge in [0.25, 0.3) is 0 Å². The second kappa shape index (κ2) is 10.1. The van der Waals surface area contributed by atoms with E-state index in [1.54, 1.807) is 7.11 Å². The van der Waals surface area contributed by atoms with Gasteiger partial charge in [-0.15, -0.1) is 10.2 Å². The van der Waals surface area contributed by atoms with Gasteiger partial charge in [0.2, 0.25) is 0 Å². The number of benzene rings is 2. The lowest BCUT2D eigenvalue weighted by atomic mass is 9.93. The first-order valence-corrected chi connectivity index (χ1v) is 12.3. The monoisotopic (exact) mass is 465 g/mol. The highest BCUT2D eigenvalue weighted by Crippen LogP contribution is 2.29. The fourth-order valence-electron chi connectivity index (χ4n) is 4.22. The van der Waals surface area contributed by atoms with Crippen LogP contribution in [0.5, 0.6) is 5.75 Å². The number of nitrogens with zero attached hydrogens (tertiary/aromatic N) is 3. The normalized spacial score (nSPS) is 15.7. The van der Waals surface area contributed by atoms with Gasteiger partial charge in [0.05, 0.1) is 25.5 Å². The van der Waals surface area contributed by atoms with Crippen LogP contribution >= 0.6 is 11.8 Å². The molecule has 3 aromatic rings. The fraction of sp³-hybridized carbons (Fsp3) is 0.423. The minimum absolute atomic E-state index is 0.112. The van der Waals surface area contributed by atoms with Crippen LogP contribution in [0, 0.1) is 27.7 Å². The number of ketones is 1. The number of hydrogen-bond acceptors (Lipinski definition) is 6. The summed E-state index contributed by atoms with van der Waals surface area (Å²) in [4.78, 5) is 13.1. The van der Waals surface area contributed by atoms with Crippen LogP contribution in [0.25, 0.3) is 11.4 Å². The number of rotatable bonds is 8. The van der Waals surface area contributed by atoms with Crippen molar-refractivity contribution in [1.29, 1.82) is 0 Å². The van der Waals surface area contributed by atoms with Crippen molar-refractivity contribution in [3.8, 4) is 17.1 Å². The number of carbonyl (C=O) groups is 1. The summed E-state index contributed by atoms with van der Waals surface area (Å²) in [6, 6.07) is 9.81. The Labute approximate surface area is 199 Å². The van der Waals surface area contributed by atoms with Gasteiger partial charge in [-0.1, -0.05) is 11.8 Å². The summed E-state index contributed by atoms with van der Waals surface area (Å²) < 4.78 is 13.3. The number of carbonyl (C=O) groups excluding carboxylic acids is 1. The molecule has 0 radical (unpaired) electrons. The molecule has 0 amide bonds. The molecule has 6 nitrogen and oxygen atoms in total. The molecule has 4 rings (SSSR count). The average Bonchev–Trinajstić information content (AvgIpc) is 3.49. The zero-order valence-corrected chi connectivity index (χ0v) is 20.8. The summed E-state index contributed by atoms with van der Waals surface area (Å²) in [6.45, 7) is 9.74. The van der Waals surface area contributed by atoms with E-state index in [4.69, 9.17) is 9.47 Å². The Morgan fingerprint density at radius 2 is 1.88 bits per heavy atom. The summed E-state index contributed by atoms with van der Waals surface area (Å²) in [5, 5.41) is 9.67. The second-order valence-electron chi connectivity index (χ2n) is 8.61. The largest absolute Gasteiger partial charge is 0.497 e. The minimum Gasteiger partial charge on any atom is -0.497 e. The zero-order chi connectivity index (χ0) is 23.5. The summed E-state index contributed by atoms with van der Waals surface area (Å²) >= 11 is 1.44. The highest BCUT2D eigenvalue weighted by Gasteiger charge is 2.23. The van der Waals surface area contributed by atoms with E-state index >= 15 is 0 Å². The lowest BCUT2D eigenvalue weighted by Gasteiger charge is -2.15. The van der Waals surface area contributed by atoms with Crippen LogP contribution in [0.4, 0.5) is 0 Å². The standard InChI is InChI=1S/C26H31N3O3S/c1-16-13-23(19(4)18(3)17(16)2)24(30)15-33-26-28-27-25(20-8-10-21(31-5)11-9-20)29(26)14-22-7-6-12-32-22/h8-11,13,22H,6-7,12,14-15H2,1-5H3. The van der Waals surface area contributed by atoms with E-state index in [9.17, 15) is 4.79 Å². The molecule has 0 bridgehead atoms. The van der Waals surface area contributed by atoms with E-state index in [0.29, 0.717) is 12.3 Å². The van der Waals surface area contributed by atoms with Gasteiger partial charge in [0.15, 0.2) is 16.8 Å². The Morgan fingerprint density at radius 1 is 1.12 bits per heavy atom. The number of thioether (sulfide) groups is 1. The Balaban J connectivity index is 1.59. The number of hydrogen-bond donors (Lipinski definition) is 0. The van der Waals surface area contributed by atoms with E-state index in [1.165, 1.54) is 22.9 Å². The van der Waals surface area contributed by atoms with Gasteiger partial charge in [-0.3, -0.25) is 9.36 Å². The fourth-order valence-corrected chi connectivity index (χ4v) is 5.05. The molecule has 1 aromatic heterocycles. The van der Waals surface area contributed by atoms with Gasteiger partial charge < -0.3 is 9.47 Å². The topological polar surface area (TPSA) is 66.2 Å². The molecule has 0 spiro atoms. The van der Waals surface area contributed by atoms with Crippen molar-refractivity contribution in [1.82, 2.24) is 14.8 Å². The van der Waals surface area contributed by atoms with Gasteiger partial charge in [0, 0.05) is 17.7 Å². The molecule has 0 aliphatic carbocycles. The third kappa shape index (κ3) is 4.99. The van der Waals surface area contributed by atoms with Crippen LogP contribution < -0.4 is 4.74 Å². The lowest BCUT2D eigenvalue weighted by Crippen LogP contribution is -2.17. The molecule has 0 saturated carbocycles. The van der Waals surface area contributed by atoms with Gasteiger partial charge in [-0.2, -0.15) is 0 Å². The highest BCUT2D eigenvalue weighted by atomic mass is 32.2. The predicted octanol–water partition coefficient (Wildman–Crippen LogP) is 5.34. The van der Waals surface area contributed by atoms with Crippen LogP contribution in [0.1, 0.15) is 45.5 Å². The van der Waals surface area contributed by atoms with Crippen molar-refractivity contribution < 1.29 is 14.3 Å². The Hall–Kier alpha value is -2.64. The van der Waals surface area contributed by atoms with Crippen molar-refractivity contribution >= 4 is 17.5 Å². The maximum absolute atomic E-state index is 13.1. The maximum atomic E-state index is 13.1. The van der Waals surface area contributed by atoms with Gasteiger partial charge >= 0.3 is 0 Å². The Kier molecular flexibility index (Phi) is 7.20. The molecule has 174 valence electrons. The molecule has 1 saturated heterocycles. The molecule has 1 atom stereocenters. The maximum Gasteiger partial charge on any atom is 0.192 e. The molecule has 0 N–H and O–H groups in total. The smallest absolute Gasteiger partial charge is 0.192 e. The summed E-state index contributed by atoms with van der Waals surface area (Å²) in [7, 11) is 1.65. The number of ether oxygens (including phenoxy) is 2. The Morgan fingerprint density at radius 3 is 2.55 bits per heavy atom. The van der Waals surface area contributed by atoms with Crippen molar-refractivity contribution in [2.75, 3.05) is 19.5 Å². The van der Waals surface area contributed by atoms with Gasteiger partial charge in [-0.05, 0) is 93.1 Å². The quantitative estimate of drug-likeness (QED) is 0.330. The SMILES string of the molecule is COc1ccc(-c2nnc(SCC(=O)c3cc(C)c(C)c(C)c3C)n2CC2CCCO2)cc1. The van der Waals surface area contributed by atoms with Crippen molar-refractivity contribution in [2.24, 2.45) is 0 Å². The van der Waals surface area contributed by atoms with Crippen molar-refractivity contribution in [3.05, 3.63) is 58.1 Å². The molecule has 1 fully saturated rings.